The molecule has 7 N–H and O–H groups in total. The number of carbonyl (C=O) groups excluding carboxylic acids is 1. The van der Waals surface area contributed by atoms with Crippen LogP contribution in [0.4, 0.5) is 0 Å². The van der Waals surface area contributed by atoms with Gasteiger partial charge in [0, 0.05) is 11.3 Å². The number of rotatable bonds is 3. The molecule has 0 radical (unpaired) electrons. The quantitative estimate of drug-likeness (QED) is 0.198. The molecule has 0 aliphatic carbocycles. The molecule has 19 heavy (non-hydrogen) atoms. The first-order valence-electron chi connectivity index (χ1n) is 5.22. The summed E-state index contributed by atoms with van der Waals surface area (Å²) in [4.78, 5) is 24.0. The second kappa shape index (κ2) is 4.90. The molecule has 10 heteroatoms. The van der Waals surface area contributed by atoms with Gasteiger partial charge in [0.15, 0.2) is 0 Å². The zero-order valence-electron chi connectivity index (χ0n) is 9.68. The Labute approximate surface area is 112 Å². The number of guanidine groups is 1. The van der Waals surface area contributed by atoms with Crippen molar-refractivity contribution in [1.29, 1.82) is 0 Å². The second-order valence-corrected chi connectivity index (χ2v) is 4.99. The number of aliphatic carboxylic acids is 1. The molecule has 9 nitrogen and oxygen atoms in total. The van der Waals surface area contributed by atoms with Gasteiger partial charge in [0.1, 0.15) is 17.1 Å². The number of hydrogen-bond donors (Lipinski definition) is 4. The van der Waals surface area contributed by atoms with Gasteiger partial charge in [-0.2, -0.15) is 5.10 Å². The maximum absolute atomic E-state index is 11.6. The summed E-state index contributed by atoms with van der Waals surface area (Å²) < 4.78 is 0. The molecule has 1 fully saturated rings. The van der Waals surface area contributed by atoms with Crippen LogP contribution in [0.1, 0.15) is 0 Å². The predicted octanol–water partition coefficient (Wildman–Crippen LogP) is -2.17. The van der Waals surface area contributed by atoms with Gasteiger partial charge in [0.2, 0.25) is 11.9 Å². The van der Waals surface area contributed by atoms with Gasteiger partial charge in [-0.1, -0.05) is 0 Å². The highest BCUT2D eigenvalue weighted by atomic mass is 32.2. The number of amides is 1. The molecule has 2 heterocycles. The number of carbonyl (C=O) groups is 2. The lowest BCUT2D eigenvalue weighted by molar-refractivity contribution is -0.147. The summed E-state index contributed by atoms with van der Waals surface area (Å²) in [6, 6.07) is -0.657. The zero-order chi connectivity index (χ0) is 14.2. The van der Waals surface area contributed by atoms with Crippen LogP contribution in [0.5, 0.6) is 0 Å². The monoisotopic (exact) mass is 284 g/mol. The van der Waals surface area contributed by atoms with Gasteiger partial charge in [-0.05, 0) is 0 Å². The average Bonchev–Trinajstić information content (AvgIpc) is 2.36. The lowest BCUT2D eigenvalue weighted by atomic mass is 10.0. The minimum atomic E-state index is -1.21. The van der Waals surface area contributed by atoms with Gasteiger partial charge >= 0.3 is 5.97 Å². The molecule has 0 saturated carbocycles. The molecule has 0 aromatic carbocycles. The van der Waals surface area contributed by atoms with Crippen molar-refractivity contribution in [3.05, 3.63) is 11.3 Å². The third-order valence-corrected chi connectivity index (χ3v) is 3.95. The summed E-state index contributed by atoms with van der Waals surface area (Å²) in [6.45, 7) is 0. The largest absolute Gasteiger partial charge is 0.477 e. The van der Waals surface area contributed by atoms with Crippen molar-refractivity contribution in [2.45, 2.75) is 11.4 Å². The van der Waals surface area contributed by atoms with Crippen molar-refractivity contribution < 1.29 is 14.7 Å². The van der Waals surface area contributed by atoms with Crippen LogP contribution in [0.25, 0.3) is 0 Å². The number of fused-ring (bicyclic) bond motifs is 1. The van der Waals surface area contributed by atoms with Crippen LogP contribution in [-0.4, -0.2) is 51.2 Å². The summed E-state index contributed by atoms with van der Waals surface area (Å²) in [6.07, 6.45) is 1.23. The molecule has 0 aromatic rings. The maximum Gasteiger partial charge on any atom is 0.353 e. The van der Waals surface area contributed by atoms with Gasteiger partial charge < -0.3 is 22.3 Å². The van der Waals surface area contributed by atoms with E-state index in [1.807, 2.05) is 0 Å². The van der Waals surface area contributed by atoms with Crippen LogP contribution in [0, 0.1) is 0 Å². The zero-order valence-corrected chi connectivity index (χ0v) is 10.5. The molecule has 2 aliphatic heterocycles. The number of β-lactam (4-membered cyclic amide) rings is 1. The molecule has 102 valence electrons. The van der Waals surface area contributed by atoms with Gasteiger partial charge in [0.25, 0.3) is 0 Å². The molecular formula is C9H12N6O3S. The van der Waals surface area contributed by atoms with Crippen LogP contribution >= 0.6 is 11.8 Å². The normalized spacial score (nSPS) is 26.2. The number of nitrogens with two attached hydrogens (primary N) is 3. The van der Waals surface area contributed by atoms with Crippen molar-refractivity contribution >= 4 is 35.8 Å². The first-order chi connectivity index (χ1) is 8.93. The average molecular weight is 284 g/mol. The predicted molar refractivity (Wildman–Crippen MR) is 70.0 cm³/mol. The summed E-state index contributed by atoms with van der Waals surface area (Å²) in [5.41, 5.74) is 16.0. The van der Waals surface area contributed by atoms with E-state index in [1.54, 1.807) is 0 Å². The first-order valence-corrected chi connectivity index (χ1v) is 6.27. The number of carboxylic acid groups (broad SMARTS) is 1. The topological polar surface area (TPSA) is 160 Å². The van der Waals surface area contributed by atoms with Gasteiger partial charge in [-0.3, -0.25) is 9.69 Å². The van der Waals surface area contributed by atoms with Crippen LogP contribution in [0.3, 0.4) is 0 Å². The SMILES string of the molecule is NC(N)=NN=CC1=C(C(=O)O)N2C(=O)C(N)[C@@H]2SC1. The Bertz CT molecular complexity index is 524. The van der Waals surface area contributed by atoms with E-state index >= 15 is 0 Å². The van der Waals surface area contributed by atoms with Crippen LogP contribution in [0.2, 0.25) is 0 Å². The van der Waals surface area contributed by atoms with Crippen molar-refractivity contribution in [3.8, 4) is 0 Å². The van der Waals surface area contributed by atoms with E-state index in [2.05, 4.69) is 10.2 Å². The molecule has 0 bridgehead atoms. The molecule has 0 aromatic heterocycles. The second-order valence-electron chi connectivity index (χ2n) is 3.88. The highest BCUT2D eigenvalue weighted by molar-refractivity contribution is 8.00. The summed E-state index contributed by atoms with van der Waals surface area (Å²) in [7, 11) is 0. The van der Waals surface area contributed by atoms with Crippen LogP contribution in [0.15, 0.2) is 21.5 Å². The fourth-order valence-corrected chi connectivity index (χ4v) is 3.05. The standard InChI is InChI=1S/C9H12N6O3S/c10-4-6(16)15-5(8(17)18)3(2-19-7(4)15)1-13-14-9(11)12/h1,4,7H,2,10H2,(H,17,18)(H4,11,12,14)/t4?,7-/m0/s1. The molecule has 0 spiro atoms. The van der Waals surface area contributed by atoms with E-state index in [4.69, 9.17) is 17.2 Å². The molecule has 2 rings (SSSR count). The highest BCUT2D eigenvalue weighted by Crippen LogP contribution is 2.38. The van der Waals surface area contributed by atoms with Crippen LogP contribution < -0.4 is 17.2 Å². The van der Waals surface area contributed by atoms with Crippen molar-refractivity contribution in [3.63, 3.8) is 0 Å². The van der Waals surface area contributed by atoms with E-state index in [0.717, 1.165) is 4.90 Å². The third-order valence-electron chi connectivity index (χ3n) is 2.63. The molecule has 2 aliphatic rings. The Morgan fingerprint density at radius 2 is 2.21 bits per heavy atom. The fraction of sp³-hybridized carbons (Fsp3) is 0.333. The Morgan fingerprint density at radius 1 is 1.53 bits per heavy atom. The number of carboxylic acids is 1. The Hall–Kier alpha value is -2.07. The maximum atomic E-state index is 11.6. The summed E-state index contributed by atoms with van der Waals surface area (Å²) >= 11 is 1.37. The molecule has 1 unspecified atom stereocenters. The minimum Gasteiger partial charge on any atom is -0.477 e. The molecule has 1 amide bonds. The lowest BCUT2D eigenvalue weighted by Crippen LogP contribution is -2.68. The van der Waals surface area contributed by atoms with E-state index in [-0.39, 0.29) is 17.0 Å². The van der Waals surface area contributed by atoms with E-state index in [1.165, 1.54) is 18.0 Å². The first kappa shape index (κ1) is 13.4. The summed E-state index contributed by atoms with van der Waals surface area (Å²) in [5, 5.41) is 15.8. The fourth-order valence-electron chi connectivity index (χ4n) is 1.80. The van der Waals surface area contributed by atoms with Gasteiger partial charge in [0.05, 0.1) is 6.21 Å². The minimum absolute atomic E-state index is 0.120. The number of thioether (sulfide) groups is 1. The van der Waals surface area contributed by atoms with Gasteiger partial charge in [-0.25, -0.2) is 4.79 Å². The molecule has 2 atom stereocenters. The van der Waals surface area contributed by atoms with Crippen molar-refractivity contribution in [2.75, 3.05) is 5.75 Å². The smallest absolute Gasteiger partial charge is 0.353 e. The number of nitrogens with zero attached hydrogens (tertiary/aromatic N) is 3. The summed E-state index contributed by atoms with van der Waals surface area (Å²) in [5.74, 6) is -1.50. The van der Waals surface area contributed by atoms with E-state index in [0.29, 0.717) is 11.3 Å². The van der Waals surface area contributed by atoms with E-state index < -0.39 is 17.9 Å². The van der Waals surface area contributed by atoms with Gasteiger partial charge in [-0.15, -0.1) is 16.9 Å². The van der Waals surface area contributed by atoms with Crippen molar-refractivity contribution in [2.24, 2.45) is 27.4 Å². The number of hydrogen-bond acceptors (Lipinski definition) is 6. The van der Waals surface area contributed by atoms with E-state index in [9.17, 15) is 14.7 Å². The van der Waals surface area contributed by atoms with Crippen molar-refractivity contribution in [1.82, 2.24) is 4.90 Å². The highest BCUT2D eigenvalue weighted by Gasteiger charge is 2.51. The Kier molecular flexibility index (Phi) is 3.44. The molecular weight excluding hydrogens is 272 g/mol. The third kappa shape index (κ3) is 2.27. The molecule has 1 saturated heterocycles. The Morgan fingerprint density at radius 3 is 2.79 bits per heavy atom. The van der Waals surface area contributed by atoms with Crippen LogP contribution in [-0.2, 0) is 9.59 Å². The lowest BCUT2D eigenvalue weighted by Gasteiger charge is -2.47. The Balaban J connectivity index is 2.33.